The summed E-state index contributed by atoms with van der Waals surface area (Å²) in [5.74, 6) is 1.53. The third-order valence-corrected chi connectivity index (χ3v) is 7.69. The Hall–Kier alpha value is -1.06. The molecule has 22 heavy (non-hydrogen) atoms. The van der Waals surface area contributed by atoms with Crippen LogP contribution in [0.3, 0.4) is 0 Å². The lowest BCUT2D eigenvalue weighted by Crippen LogP contribution is -2.26. The number of hydrogen-bond donors (Lipinski definition) is 0. The van der Waals surface area contributed by atoms with E-state index in [9.17, 15) is 13.7 Å². The fraction of sp³-hybridized carbons (Fsp3) is 0.625. The molecule has 0 spiro atoms. The lowest BCUT2D eigenvalue weighted by Gasteiger charge is -2.21. The summed E-state index contributed by atoms with van der Waals surface area (Å²) in [4.78, 5) is 4.70. The zero-order valence-corrected chi connectivity index (χ0v) is 14.4. The summed E-state index contributed by atoms with van der Waals surface area (Å²) in [6.07, 6.45) is 4.85. The maximum Gasteiger partial charge on any atom is 0.150 e. The monoisotopic (exact) mass is 336 g/mol. The fourth-order valence-electron chi connectivity index (χ4n) is 3.43. The summed E-state index contributed by atoms with van der Waals surface area (Å²) in [6.45, 7) is 2.01. The summed E-state index contributed by atoms with van der Waals surface area (Å²) < 4.78 is 23.5. The van der Waals surface area contributed by atoms with Gasteiger partial charge in [0.25, 0.3) is 0 Å². The van der Waals surface area contributed by atoms with Gasteiger partial charge < -0.3 is 0 Å². The Morgan fingerprint density at radius 1 is 1.36 bits per heavy atom. The maximum absolute atomic E-state index is 11.7. The molecule has 118 valence electrons. The highest BCUT2D eigenvalue weighted by molar-refractivity contribution is 7.99. The van der Waals surface area contributed by atoms with Crippen molar-refractivity contribution >= 4 is 21.6 Å². The van der Waals surface area contributed by atoms with Gasteiger partial charge in [-0.2, -0.15) is 5.26 Å². The molecule has 0 amide bonds. The second-order valence-electron chi connectivity index (χ2n) is 6.24. The van der Waals surface area contributed by atoms with Crippen molar-refractivity contribution in [2.45, 2.75) is 44.1 Å². The van der Waals surface area contributed by atoms with E-state index in [1.165, 1.54) is 5.56 Å². The van der Waals surface area contributed by atoms with Crippen molar-refractivity contribution in [3.05, 3.63) is 22.4 Å². The molecule has 1 saturated heterocycles. The molecule has 2 aliphatic rings. The number of sulfone groups is 1. The topological polar surface area (TPSA) is 70.8 Å². The smallest absolute Gasteiger partial charge is 0.150 e. The largest absolute Gasteiger partial charge is 0.245 e. The van der Waals surface area contributed by atoms with Gasteiger partial charge >= 0.3 is 0 Å². The van der Waals surface area contributed by atoms with Gasteiger partial charge in [-0.3, -0.25) is 0 Å². The molecule has 6 heteroatoms. The maximum atomic E-state index is 11.7. The minimum atomic E-state index is -2.87. The Morgan fingerprint density at radius 3 is 2.91 bits per heavy atom. The minimum absolute atomic E-state index is 0.186. The molecule has 1 aliphatic carbocycles. The van der Waals surface area contributed by atoms with Crippen LogP contribution in [0.4, 0.5) is 0 Å². The van der Waals surface area contributed by atoms with Crippen LogP contribution in [0, 0.1) is 24.2 Å². The van der Waals surface area contributed by atoms with Crippen molar-refractivity contribution < 1.29 is 8.42 Å². The van der Waals surface area contributed by atoms with Crippen LogP contribution in [0.1, 0.15) is 41.6 Å². The van der Waals surface area contributed by atoms with Gasteiger partial charge in [-0.1, -0.05) is 0 Å². The lowest BCUT2D eigenvalue weighted by atomic mass is 10.0. The second kappa shape index (κ2) is 6.21. The molecule has 3 rings (SSSR count). The van der Waals surface area contributed by atoms with E-state index in [0.29, 0.717) is 11.3 Å². The lowest BCUT2D eigenvalue weighted by molar-refractivity contribution is 0.520. The standard InChI is InChI=1S/C16H20N2O2S2/c1-11-13-5-2-6-15(13)18-16(14(11)8-17)21-9-12-4-3-7-22(19,20)10-12/h12H,2-7,9-10H2,1H3. The highest BCUT2D eigenvalue weighted by Crippen LogP contribution is 2.33. The van der Waals surface area contributed by atoms with Crippen LogP contribution >= 0.6 is 11.8 Å². The average Bonchev–Trinajstić information content (AvgIpc) is 2.93. The molecule has 4 nitrogen and oxygen atoms in total. The number of aromatic nitrogens is 1. The van der Waals surface area contributed by atoms with E-state index >= 15 is 0 Å². The number of thioether (sulfide) groups is 1. The van der Waals surface area contributed by atoms with E-state index in [-0.39, 0.29) is 11.7 Å². The highest BCUT2D eigenvalue weighted by Gasteiger charge is 2.26. The van der Waals surface area contributed by atoms with E-state index in [1.807, 2.05) is 6.92 Å². The van der Waals surface area contributed by atoms with Crippen molar-refractivity contribution in [3.8, 4) is 6.07 Å². The van der Waals surface area contributed by atoms with Crippen LogP contribution in [0.5, 0.6) is 0 Å². The highest BCUT2D eigenvalue weighted by atomic mass is 32.2. The Labute approximate surface area is 136 Å². The molecular formula is C16H20N2O2S2. The van der Waals surface area contributed by atoms with E-state index in [1.54, 1.807) is 11.8 Å². The molecule has 0 bridgehead atoms. The molecule has 2 heterocycles. The van der Waals surface area contributed by atoms with Crippen molar-refractivity contribution in [1.29, 1.82) is 5.26 Å². The zero-order chi connectivity index (χ0) is 15.7. The molecule has 0 aromatic carbocycles. The Morgan fingerprint density at radius 2 is 2.18 bits per heavy atom. The molecule has 0 saturated carbocycles. The van der Waals surface area contributed by atoms with Crippen molar-refractivity contribution in [2.24, 2.45) is 5.92 Å². The molecule has 1 fully saturated rings. The first-order chi connectivity index (χ1) is 10.5. The van der Waals surface area contributed by atoms with Crippen LogP contribution in [0.25, 0.3) is 0 Å². The summed E-state index contributed by atoms with van der Waals surface area (Å²) in [7, 11) is -2.87. The van der Waals surface area contributed by atoms with E-state index in [0.717, 1.165) is 54.1 Å². The first kappa shape index (κ1) is 15.8. The molecule has 1 unspecified atom stereocenters. The first-order valence-corrected chi connectivity index (χ1v) is 10.6. The number of aryl methyl sites for hydroxylation is 1. The summed E-state index contributed by atoms with van der Waals surface area (Å²) >= 11 is 1.56. The summed E-state index contributed by atoms with van der Waals surface area (Å²) in [6, 6.07) is 2.30. The summed E-state index contributed by atoms with van der Waals surface area (Å²) in [5, 5.41) is 10.2. The SMILES string of the molecule is Cc1c(C#N)c(SCC2CCCS(=O)(=O)C2)nc2c1CCC2. The summed E-state index contributed by atoms with van der Waals surface area (Å²) in [5.41, 5.74) is 4.14. The number of rotatable bonds is 3. The fourth-order valence-corrected chi connectivity index (χ4v) is 6.55. The van der Waals surface area contributed by atoms with E-state index < -0.39 is 9.84 Å². The number of hydrogen-bond acceptors (Lipinski definition) is 5. The molecule has 1 aliphatic heterocycles. The van der Waals surface area contributed by atoms with Gasteiger partial charge in [-0.15, -0.1) is 11.8 Å². The third-order valence-electron chi connectivity index (χ3n) is 4.59. The number of nitrogens with zero attached hydrogens (tertiary/aromatic N) is 2. The van der Waals surface area contributed by atoms with E-state index in [4.69, 9.17) is 4.98 Å². The van der Waals surface area contributed by atoms with E-state index in [2.05, 4.69) is 6.07 Å². The molecule has 1 atom stereocenters. The van der Waals surface area contributed by atoms with Crippen LogP contribution in [-0.4, -0.2) is 30.7 Å². The Kier molecular flexibility index (Phi) is 4.47. The molecule has 1 aromatic heterocycles. The van der Waals surface area contributed by atoms with Gasteiger partial charge in [-0.25, -0.2) is 13.4 Å². The van der Waals surface area contributed by atoms with Crippen LogP contribution in [0.15, 0.2) is 5.03 Å². The predicted molar refractivity (Wildman–Crippen MR) is 87.8 cm³/mol. The molecule has 0 N–H and O–H groups in total. The first-order valence-electron chi connectivity index (χ1n) is 7.76. The van der Waals surface area contributed by atoms with Gasteiger partial charge in [0.05, 0.1) is 17.1 Å². The second-order valence-corrected chi connectivity index (χ2v) is 9.48. The van der Waals surface area contributed by atoms with Crippen molar-refractivity contribution in [3.63, 3.8) is 0 Å². The van der Waals surface area contributed by atoms with Crippen molar-refractivity contribution in [2.75, 3.05) is 17.3 Å². The van der Waals surface area contributed by atoms with Crippen molar-refractivity contribution in [1.82, 2.24) is 4.98 Å². The average molecular weight is 336 g/mol. The van der Waals surface area contributed by atoms with Gasteiger partial charge in [0, 0.05) is 11.4 Å². The Balaban J connectivity index is 1.78. The van der Waals surface area contributed by atoms with Crippen LogP contribution in [-0.2, 0) is 22.7 Å². The van der Waals surface area contributed by atoms with Crippen LogP contribution < -0.4 is 0 Å². The molecule has 1 aromatic rings. The van der Waals surface area contributed by atoms with Gasteiger partial charge in [0.15, 0.2) is 9.84 Å². The number of nitriles is 1. The number of fused-ring (bicyclic) bond motifs is 1. The minimum Gasteiger partial charge on any atom is -0.245 e. The molecular weight excluding hydrogens is 316 g/mol. The third kappa shape index (κ3) is 3.16. The normalized spacial score (nSPS) is 23.0. The van der Waals surface area contributed by atoms with Gasteiger partial charge in [-0.05, 0) is 56.1 Å². The number of pyridine rings is 1. The van der Waals surface area contributed by atoms with Gasteiger partial charge in [0.2, 0.25) is 0 Å². The Bertz CT molecular complexity index is 735. The van der Waals surface area contributed by atoms with Gasteiger partial charge in [0.1, 0.15) is 11.1 Å². The quantitative estimate of drug-likeness (QED) is 0.794. The zero-order valence-electron chi connectivity index (χ0n) is 12.8. The molecule has 0 radical (unpaired) electrons. The van der Waals surface area contributed by atoms with Crippen LogP contribution in [0.2, 0.25) is 0 Å². The predicted octanol–water partition coefficient (Wildman–Crippen LogP) is 2.67.